The zero-order valence-corrected chi connectivity index (χ0v) is 37.0. The van der Waals surface area contributed by atoms with Crippen LogP contribution < -0.4 is 0 Å². The van der Waals surface area contributed by atoms with E-state index in [-0.39, 0.29) is 56.5 Å². The average molecular weight is 919 g/mol. The highest BCUT2D eigenvalue weighted by Gasteiger charge is 2.28. The molecule has 0 bridgehead atoms. The summed E-state index contributed by atoms with van der Waals surface area (Å²) in [7, 11) is 0. The van der Waals surface area contributed by atoms with E-state index in [1.165, 1.54) is 4.57 Å². The fourth-order valence-electron chi connectivity index (χ4n) is 11.0. The van der Waals surface area contributed by atoms with Gasteiger partial charge in [-0.2, -0.15) is 15.0 Å². The van der Waals surface area contributed by atoms with E-state index in [4.69, 9.17) is 24.9 Å². The second kappa shape index (κ2) is 14.4. The molecule has 0 radical (unpaired) electrons. The summed E-state index contributed by atoms with van der Waals surface area (Å²) in [5.41, 5.74) is 4.20. The summed E-state index contributed by atoms with van der Waals surface area (Å²) in [4.78, 5) is 16.4. The number of rotatable bonds is 5. The highest BCUT2D eigenvalue weighted by atomic mass is 16.3. The lowest BCUT2D eigenvalue weighted by Crippen LogP contribution is -2.12. The maximum Gasteiger partial charge on any atom is 0.240 e. The van der Waals surface area contributed by atoms with Gasteiger partial charge in [0.25, 0.3) is 0 Å². The molecule has 10 aromatic carbocycles. The minimum Gasteiger partial charge on any atom is -0.456 e. The fourth-order valence-corrected chi connectivity index (χ4v) is 11.0. The van der Waals surface area contributed by atoms with Crippen LogP contribution in [0.1, 0.15) is 15.1 Å². The van der Waals surface area contributed by atoms with Crippen LogP contribution in [0.25, 0.3) is 144 Å². The molecule has 0 aliphatic carbocycles. The van der Waals surface area contributed by atoms with Crippen molar-refractivity contribution in [3.05, 3.63) is 224 Å². The van der Waals surface area contributed by atoms with Gasteiger partial charge in [-0.05, 0) is 72.7 Å². The van der Waals surface area contributed by atoms with Crippen molar-refractivity contribution < 1.29 is 19.5 Å². The Morgan fingerprint density at radius 3 is 1.30 bits per heavy atom. The van der Waals surface area contributed by atoms with Gasteiger partial charge in [-0.15, -0.1) is 0 Å². The molecule has 6 aromatic heterocycles. The van der Waals surface area contributed by atoms with Gasteiger partial charge in [0.2, 0.25) is 11.9 Å². The molecular formula is C63H37N7O. The first-order valence-electron chi connectivity index (χ1n) is 28.6. The molecule has 8 heteroatoms. The Hall–Kier alpha value is -9.79. The zero-order valence-electron chi connectivity index (χ0n) is 48.0. The number of fused-ring (bicyclic) bond motifs is 16. The lowest BCUT2D eigenvalue weighted by atomic mass is 10.1. The van der Waals surface area contributed by atoms with E-state index in [1.807, 2.05) is 171 Å². The van der Waals surface area contributed by atoms with Crippen LogP contribution in [-0.4, -0.2) is 33.2 Å². The third-order valence-corrected chi connectivity index (χ3v) is 13.9. The van der Waals surface area contributed by atoms with E-state index in [0.29, 0.717) is 27.6 Å². The van der Waals surface area contributed by atoms with E-state index in [9.17, 15) is 9.60 Å². The van der Waals surface area contributed by atoms with Gasteiger partial charge >= 0.3 is 0 Å². The number of benzene rings is 10. The minimum atomic E-state index is -0.674. The van der Waals surface area contributed by atoms with Gasteiger partial charge in [-0.1, -0.05) is 151 Å². The van der Waals surface area contributed by atoms with Crippen molar-refractivity contribution in [3.8, 4) is 34.7 Å². The lowest BCUT2D eigenvalue weighted by molar-refractivity contribution is 0.669. The van der Waals surface area contributed by atoms with E-state index in [2.05, 4.69) is 0 Å². The van der Waals surface area contributed by atoms with Gasteiger partial charge in [-0.25, -0.2) is 0 Å². The first-order valence-corrected chi connectivity index (χ1v) is 23.1. The molecule has 0 saturated carbocycles. The molecule has 330 valence electrons. The monoisotopic (exact) mass is 918 g/mol. The van der Waals surface area contributed by atoms with Crippen molar-refractivity contribution in [2.45, 2.75) is 0 Å². The van der Waals surface area contributed by atoms with Gasteiger partial charge in [0.15, 0.2) is 5.82 Å². The summed E-state index contributed by atoms with van der Waals surface area (Å²) in [5, 5.41) is 6.04. The van der Waals surface area contributed by atoms with Crippen molar-refractivity contribution in [1.82, 2.24) is 33.2 Å². The topological polar surface area (TPSA) is 71.5 Å². The minimum absolute atomic E-state index is 0.0239. The van der Waals surface area contributed by atoms with Crippen molar-refractivity contribution in [1.29, 1.82) is 0 Å². The smallest absolute Gasteiger partial charge is 0.240 e. The summed E-state index contributed by atoms with van der Waals surface area (Å²) in [6, 6.07) is 43.7. The normalized spacial score (nSPS) is 14.4. The third-order valence-electron chi connectivity index (χ3n) is 13.9. The van der Waals surface area contributed by atoms with E-state index >= 15 is 0 Å². The van der Waals surface area contributed by atoms with Crippen LogP contribution in [0.5, 0.6) is 0 Å². The Kier molecular flexibility index (Phi) is 5.90. The SMILES string of the molecule is [2H]c1c([2H])c(-n2c3c([2H])c([2H])c([2H])c([2H])c3c3c([2H])c([2H])c([2H])c([2H])c32)c(-c2nc(-n3c4ccccc4c4ccccc43)nc(-n3c4ccccc4c4ccccc43)n2)c(-n2c3ccccc3c3ccc4oc5ccccc5c4c32)c1[2H]. The van der Waals surface area contributed by atoms with E-state index in [1.54, 1.807) is 0 Å². The molecule has 0 aliphatic heterocycles. The van der Waals surface area contributed by atoms with Crippen LogP contribution >= 0.6 is 0 Å². The van der Waals surface area contributed by atoms with Gasteiger partial charge in [0.1, 0.15) is 11.2 Å². The summed E-state index contributed by atoms with van der Waals surface area (Å²) < 4.78 is 119. The average Bonchev–Trinajstić information content (AvgIpc) is 2.37. The number of aromatic nitrogens is 7. The number of nitrogens with zero attached hydrogens (tertiary/aromatic N) is 7. The van der Waals surface area contributed by atoms with Crippen molar-refractivity contribution in [3.63, 3.8) is 0 Å². The number of furan rings is 1. The Balaban J connectivity index is 1.20. The summed E-state index contributed by atoms with van der Waals surface area (Å²) in [5.74, 6) is 0.0731. The lowest BCUT2D eigenvalue weighted by Gasteiger charge is -2.20. The molecule has 6 heterocycles. The number of para-hydroxylation sites is 8. The van der Waals surface area contributed by atoms with Gasteiger partial charge in [-0.3, -0.25) is 9.13 Å². The molecule has 16 rings (SSSR count). The molecule has 0 aliphatic rings. The fraction of sp³-hybridized carbons (Fsp3) is 0. The molecule has 0 fully saturated rings. The van der Waals surface area contributed by atoms with Gasteiger partial charge in [0.05, 0.1) is 81.5 Å². The van der Waals surface area contributed by atoms with Crippen molar-refractivity contribution >= 4 is 109 Å². The first-order chi connectivity index (χ1) is 39.8. The standard InChI is InChI=1S/C63H37N7O/c1-9-26-47-38(18-1)39-19-2-10-27-48(39)67(47)54-33-17-34-55(68-49-28-11-7-24-44(49)45-36-37-57-58(60(45)68)46-25-8-16-35-56(46)71-57)59(54)61-64-62(69-50-29-12-3-20-40(50)41-21-4-13-30-51(41)69)66-63(65-61)70-52-31-14-5-22-42(52)43-23-6-15-32-53(43)70/h1-37H/i1D,2D,9D,10D,17D,18D,19D,26D,27D,33D,34D. The second-order valence-electron chi connectivity index (χ2n) is 17.5. The molecule has 8 nitrogen and oxygen atoms in total. The molecule has 0 amide bonds. The molecule has 16 aromatic rings. The summed E-state index contributed by atoms with van der Waals surface area (Å²) in [6.45, 7) is 0. The number of hydrogen-bond acceptors (Lipinski definition) is 4. The van der Waals surface area contributed by atoms with Crippen LogP contribution in [0.15, 0.2) is 229 Å². The van der Waals surface area contributed by atoms with Crippen LogP contribution in [0.2, 0.25) is 0 Å². The predicted molar refractivity (Wildman–Crippen MR) is 290 cm³/mol. The molecule has 71 heavy (non-hydrogen) atoms. The summed E-state index contributed by atoms with van der Waals surface area (Å²) in [6.07, 6.45) is 0. The molecule has 0 spiro atoms. The second-order valence-corrected chi connectivity index (χ2v) is 17.5. The highest BCUT2D eigenvalue weighted by Crippen LogP contribution is 2.45. The van der Waals surface area contributed by atoms with E-state index in [0.717, 1.165) is 59.8 Å². The Labute approximate surface area is 419 Å². The maximum atomic E-state index is 10.4. The summed E-state index contributed by atoms with van der Waals surface area (Å²) >= 11 is 0. The first kappa shape index (κ1) is 29.2. The molecule has 0 N–H and O–H groups in total. The molecule has 0 unspecified atom stereocenters. The van der Waals surface area contributed by atoms with Crippen LogP contribution in [-0.2, 0) is 0 Å². The van der Waals surface area contributed by atoms with Gasteiger partial charge < -0.3 is 13.6 Å². The maximum absolute atomic E-state index is 10.4. The van der Waals surface area contributed by atoms with Crippen LogP contribution in [0, 0.1) is 0 Å². The van der Waals surface area contributed by atoms with Crippen LogP contribution in [0.3, 0.4) is 0 Å². The predicted octanol–water partition coefficient (Wildman–Crippen LogP) is 15.8. The van der Waals surface area contributed by atoms with Gasteiger partial charge in [0, 0.05) is 48.5 Å². The molecule has 0 saturated heterocycles. The highest BCUT2D eigenvalue weighted by molar-refractivity contribution is 6.25. The van der Waals surface area contributed by atoms with E-state index < -0.39 is 66.5 Å². The Morgan fingerprint density at radius 1 is 0.324 bits per heavy atom. The molecular weight excluding hydrogens is 871 g/mol. The zero-order chi connectivity index (χ0) is 55.9. The third kappa shape index (κ3) is 5.25. The van der Waals surface area contributed by atoms with Crippen molar-refractivity contribution in [2.75, 3.05) is 0 Å². The largest absolute Gasteiger partial charge is 0.456 e. The Bertz CT molecular complexity index is 5270. The number of hydrogen-bond donors (Lipinski definition) is 0. The van der Waals surface area contributed by atoms with Crippen molar-refractivity contribution in [2.24, 2.45) is 0 Å². The Morgan fingerprint density at radius 2 is 0.761 bits per heavy atom. The molecule has 0 atom stereocenters. The van der Waals surface area contributed by atoms with Crippen LogP contribution in [0.4, 0.5) is 0 Å². The quantitative estimate of drug-likeness (QED) is 0.172.